The fourth-order valence-corrected chi connectivity index (χ4v) is 2.29. The highest BCUT2D eigenvalue weighted by Gasteiger charge is 2.26. The predicted octanol–water partition coefficient (Wildman–Crippen LogP) is 4.30. The van der Waals surface area contributed by atoms with Crippen molar-refractivity contribution in [2.24, 2.45) is 5.73 Å². The van der Waals surface area contributed by atoms with E-state index in [0.29, 0.717) is 12.3 Å². The van der Waals surface area contributed by atoms with Crippen molar-refractivity contribution in [1.82, 2.24) is 0 Å². The molecule has 0 atom stereocenters. The van der Waals surface area contributed by atoms with Gasteiger partial charge in [0.05, 0.1) is 0 Å². The second-order valence-electron chi connectivity index (χ2n) is 7.43. The van der Waals surface area contributed by atoms with Crippen molar-refractivity contribution in [2.45, 2.75) is 65.2 Å². The number of phenolic OH excluding ortho intramolecular Hbond substituents is 1. The molecule has 0 saturated carbocycles. The summed E-state index contributed by atoms with van der Waals surface area (Å²) in [5, 5.41) is 10.6. The van der Waals surface area contributed by atoms with Crippen LogP contribution in [0.15, 0.2) is 12.1 Å². The van der Waals surface area contributed by atoms with E-state index in [0.717, 1.165) is 24.0 Å². The fraction of sp³-hybridized carbons (Fsp3) is 0.647. The number of aryl methyl sites for hydroxylation is 1. The van der Waals surface area contributed by atoms with Crippen LogP contribution in [0, 0.1) is 0 Å². The summed E-state index contributed by atoms with van der Waals surface area (Å²) in [6.07, 6.45) is 1.96. The summed E-state index contributed by atoms with van der Waals surface area (Å²) in [4.78, 5) is 0. The largest absolute Gasteiger partial charge is 0.507 e. The van der Waals surface area contributed by atoms with Gasteiger partial charge < -0.3 is 10.8 Å². The number of aromatic hydroxyl groups is 1. The maximum atomic E-state index is 10.6. The monoisotopic (exact) mass is 299 g/mol. The van der Waals surface area contributed by atoms with Crippen LogP contribution in [-0.2, 0) is 17.3 Å². The van der Waals surface area contributed by atoms with E-state index < -0.39 is 0 Å². The molecule has 116 valence electrons. The molecule has 2 nitrogen and oxygen atoms in total. The molecule has 3 heteroatoms. The second kappa shape index (κ2) is 6.82. The zero-order chi connectivity index (χ0) is 14.8. The summed E-state index contributed by atoms with van der Waals surface area (Å²) in [7, 11) is 0. The van der Waals surface area contributed by atoms with Gasteiger partial charge in [0.15, 0.2) is 0 Å². The first kappa shape index (κ1) is 19.3. The molecule has 1 aromatic carbocycles. The minimum Gasteiger partial charge on any atom is -0.507 e. The molecule has 0 aromatic heterocycles. The maximum absolute atomic E-state index is 10.6. The van der Waals surface area contributed by atoms with Gasteiger partial charge >= 0.3 is 0 Å². The quantitative estimate of drug-likeness (QED) is 0.874. The van der Waals surface area contributed by atoms with Crippen LogP contribution in [0.5, 0.6) is 5.75 Å². The molecule has 20 heavy (non-hydrogen) atoms. The van der Waals surface area contributed by atoms with Crippen LogP contribution in [-0.4, -0.2) is 11.7 Å². The van der Waals surface area contributed by atoms with Gasteiger partial charge in [-0.05, 0) is 46.9 Å². The molecule has 0 radical (unpaired) electrons. The second-order valence-corrected chi connectivity index (χ2v) is 7.43. The third kappa shape index (κ3) is 4.68. The lowest BCUT2D eigenvalue weighted by molar-refractivity contribution is 0.422. The van der Waals surface area contributed by atoms with E-state index in [2.05, 4.69) is 53.7 Å². The van der Waals surface area contributed by atoms with Gasteiger partial charge in [-0.2, -0.15) is 0 Å². The van der Waals surface area contributed by atoms with Crippen molar-refractivity contribution in [3.8, 4) is 5.75 Å². The topological polar surface area (TPSA) is 46.2 Å². The lowest BCUT2D eigenvalue weighted by atomic mass is 9.78. The molecule has 0 spiro atoms. The molecule has 0 bridgehead atoms. The van der Waals surface area contributed by atoms with E-state index in [-0.39, 0.29) is 23.2 Å². The van der Waals surface area contributed by atoms with Crippen LogP contribution in [0.3, 0.4) is 0 Å². The Bertz CT molecular complexity index is 406. The Balaban J connectivity index is 0.00000361. The molecule has 0 saturated heterocycles. The van der Waals surface area contributed by atoms with Gasteiger partial charge in [-0.15, -0.1) is 12.4 Å². The Kier molecular flexibility index (Phi) is 6.57. The van der Waals surface area contributed by atoms with Crippen molar-refractivity contribution in [3.05, 3.63) is 28.8 Å². The van der Waals surface area contributed by atoms with Crippen LogP contribution in [0.4, 0.5) is 0 Å². The van der Waals surface area contributed by atoms with E-state index in [1.807, 2.05) is 0 Å². The SMILES string of the molecule is CC(C)(C)c1cc(CCCN)cc(C(C)(C)C)c1O.Cl. The summed E-state index contributed by atoms with van der Waals surface area (Å²) >= 11 is 0. The number of halogens is 1. The van der Waals surface area contributed by atoms with Crippen LogP contribution in [0.25, 0.3) is 0 Å². The molecule has 3 N–H and O–H groups in total. The van der Waals surface area contributed by atoms with Crippen molar-refractivity contribution in [2.75, 3.05) is 6.54 Å². The number of hydrogen-bond acceptors (Lipinski definition) is 2. The van der Waals surface area contributed by atoms with Gasteiger partial charge in [0, 0.05) is 0 Å². The van der Waals surface area contributed by atoms with Crippen LogP contribution in [0.2, 0.25) is 0 Å². The van der Waals surface area contributed by atoms with Crippen LogP contribution >= 0.6 is 12.4 Å². The molecule has 1 rings (SSSR count). The smallest absolute Gasteiger partial charge is 0.123 e. The fourth-order valence-electron chi connectivity index (χ4n) is 2.29. The summed E-state index contributed by atoms with van der Waals surface area (Å²) in [6, 6.07) is 4.28. The van der Waals surface area contributed by atoms with E-state index in [4.69, 9.17) is 5.73 Å². The van der Waals surface area contributed by atoms with Gasteiger partial charge in [0.1, 0.15) is 5.75 Å². The Morgan fingerprint density at radius 3 is 1.65 bits per heavy atom. The van der Waals surface area contributed by atoms with E-state index in [1.165, 1.54) is 5.56 Å². The first-order valence-corrected chi connectivity index (χ1v) is 7.14. The molecule has 0 amide bonds. The van der Waals surface area contributed by atoms with E-state index in [1.54, 1.807) is 0 Å². The average molecular weight is 300 g/mol. The molecular formula is C17H30ClNO. The molecular weight excluding hydrogens is 270 g/mol. The Labute approximate surface area is 130 Å². The van der Waals surface area contributed by atoms with Crippen LogP contribution < -0.4 is 5.73 Å². The van der Waals surface area contributed by atoms with Crippen LogP contribution in [0.1, 0.15) is 64.7 Å². The standard InChI is InChI=1S/C17H29NO.ClH/c1-16(2,3)13-10-12(8-7-9-18)11-14(15(13)19)17(4,5)6;/h10-11,19H,7-9,18H2,1-6H3;1H. The molecule has 1 aromatic rings. The molecule has 0 heterocycles. The number of rotatable bonds is 3. The van der Waals surface area contributed by atoms with Crippen molar-refractivity contribution in [1.29, 1.82) is 0 Å². The minimum absolute atomic E-state index is 0. The lowest BCUT2D eigenvalue weighted by Crippen LogP contribution is -2.18. The Hall–Kier alpha value is -0.730. The maximum Gasteiger partial charge on any atom is 0.123 e. The van der Waals surface area contributed by atoms with Gasteiger partial charge in [-0.1, -0.05) is 53.7 Å². The Morgan fingerprint density at radius 1 is 0.950 bits per heavy atom. The highest BCUT2D eigenvalue weighted by atomic mass is 35.5. The summed E-state index contributed by atoms with van der Waals surface area (Å²) in [5.74, 6) is 0.455. The number of hydrogen-bond donors (Lipinski definition) is 2. The summed E-state index contributed by atoms with van der Waals surface area (Å²) < 4.78 is 0. The third-order valence-corrected chi connectivity index (χ3v) is 3.46. The number of nitrogens with two attached hydrogens (primary N) is 1. The van der Waals surface area contributed by atoms with E-state index in [9.17, 15) is 5.11 Å². The molecule has 0 aliphatic heterocycles. The molecule has 0 aliphatic rings. The first-order valence-electron chi connectivity index (χ1n) is 7.14. The molecule has 0 fully saturated rings. The number of phenols is 1. The van der Waals surface area contributed by atoms with Gasteiger partial charge in [-0.3, -0.25) is 0 Å². The zero-order valence-corrected chi connectivity index (χ0v) is 14.5. The molecule has 0 aliphatic carbocycles. The van der Waals surface area contributed by atoms with Gasteiger partial charge in [0.2, 0.25) is 0 Å². The average Bonchev–Trinajstić information content (AvgIpc) is 2.24. The highest BCUT2D eigenvalue weighted by molar-refractivity contribution is 5.85. The van der Waals surface area contributed by atoms with Crippen molar-refractivity contribution in [3.63, 3.8) is 0 Å². The van der Waals surface area contributed by atoms with Crippen molar-refractivity contribution >= 4 is 12.4 Å². The number of benzene rings is 1. The van der Waals surface area contributed by atoms with Gasteiger partial charge in [-0.25, -0.2) is 0 Å². The predicted molar refractivity (Wildman–Crippen MR) is 90.1 cm³/mol. The van der Waals surface area contributed by atoms with Crippen molar-refractivity contribution < 1.29 is 5.11 Å². The first-order chi connectivity index (χ1) is 8.57. The highest BCUT2D eigenvalue weighted by Crippen LogP contribution is 2.39. The van der Waals surface area contributed by atoms with E-state index >= 15 is 0 Å². The Morgan fingerprint density at radius 2 is 1.35 bits per heavy atom. The zero-order valence-electron chi connectivity index (χ0n) is 13.7. The lowest BCUT2D eigenvalue weighted by Gasteiger charge is -2.28. The normalized spacial score (nSPS) is 12.2. The third-order valence-electron chi connectivity index (χ3n) is 3.46. The summed E-state index contributed by atoms with van der Waals surface area (Å²) in [6.45, 7) is 13.5. The molecule has 0 unspecified atom stereocenters. The minimum atomic E-state index is -0.0528. The van der Waals surface area contributed by atoms with Gasteiger partial charge in [0.25, 0.3) is 0 Å². The summed E-state index contributed by atoms with van der Waals surface area (Å²) in [5.41, 5.74) is 8.84.